The van der Waals surface area contributed by atoms with Crippen LogP contribution in [0.4, 0.5) is 20.2 Å². The summed E-state index contributed by atoms with van der Waals surface area (Å²) < 4.78 is 25.6. The van der Waals surface area contributed by atoms with Gasteiger partial charge in [0.15, 0.2) is 11.6 Å². The SMILES string of the molecule is N#Cc1ccc(Nc2ccc(F)c(F)c2)cn1. The Balaban J connectivity index is 2.20. The van der Waals surface area contributed by atoms with Gasteiger partial charge in [-0.1, -0.05) is 0 Å². The van der Waals surface area contributed by atoms with Crippen molar-refractivity contribution in [2.45, 2.75) is 0 Å². The number of nitrogens with one attached hydrogen (secondary N) is 1. The molecule has 0 aliphatic rings. The largest absolute Gasteiger partial charge is 0.354 e. The summed E-state index contributed by atoms with van der Waals surface area (Å²) in [6.07, 6.45) is 1.44. The van der Waals surface area contributed by atoms with Crippen LogP contribution in [0.3, 0.4) is 0 Å². The Labute approximate surface area is 96.3 Å². The molecule has 1 aromatic carbocycles. The highest BCUT2D eigenvalue weighted by Crippen LogP contribution is 2.18. The van der Waals surface area contributed by atoms with Crippen molar-refractivity contribution < 1.29 is 8.78 Å². The average molecular weight is 231 g/mol. The van der Waals surface area contributed by atoms with Crippen LogP contribution in [0, 0.1) is 23.0 Å². The van der Waals surface area contributed by atoms with Crippen molar-refractivity contribution in [2.75, 3.05) is 5.32 Å². The van der Waals surface area contributed by atoms with Gasteiger partial charge in [0, 0.05) is 11.8 Å². The average Bonchev–Trinajstić information content (AvgIpc) is 2.35. The molecule has 3 nitrogen and oxygen atoms in total. The molecule has 5 heteroatoms. The molecule has 0 saturated carbocycles. The van der Waals surface area contributed by atoms with E-state index < -0.39 is 11.6 Å². The third kappa shape index (κ3) is 2.55. The van der Waals surface area contributed by atoms with Gasteiger partial charge in [-0.25, -0.2) is 13.8 Å². The van der Waals surface area contributed by atoms with Crippen molar-refractivity contribution in [1.29, 1.82) is 5.26 Å². The number of rotatable bonds is 2. The molecule has 0 amide bonds. The lowest BCUT2D eigenvalue weighted by Gasteiger charge is -2.05. The van der Waals surface area contributed by atoms with E-state index in [1.165, 1.54) is 18.3 Å². The van der Waals surface area contributed by atoms with E-state index in [1.807, 2.05) is 6.07 Å². The van der Waals surface area contributed by atoms with Crippen LogP contribution in [0.1, 0.15) is 5.69 Å². The predicted molar refractivity (Wildman–Crippen MR) is 58.6 cm³/mol. The number of anilines is 2. The first-order valence-corrected chi connectivity index (χ1v) is 4.77. The highest BCUT2D eigenvalue weighted by molar-refractivity contribution is 5.58. The molecule has 2 aromatic rings. The highest BCUT2D eigenvalue weighted by Gasteiger charge is 2.02. The molecule has 0 bridgehead atoms. The highest BCUT2D eigenvalue weighted by atomic mass is 19.2. The van der Waals surface area contributed by atoms with Crippen LogP contribution >= 0.6 is 0 Å². The standard InChI is InChI=1S/C12H7F2N3/c13-11-4-3-8(5-12(11)14)17-10-2-1-9(6-15)16-7-10/h1-5,7,17H. The fraction of sp³-hybridized carbons (Fsp3) is 0. The third-order valence-electron chi connectivity index (χ3n) is 2.09. The molecule has 0 aliphatic heterocycles. The van der Waals surface area contributed by atoms with Gasteiger partial charge in [0.2, 0.25) is 0 Å². The van der Waals surface area contributed by atoms with Gasteiger partial charge in [-0.2, -0.15) is 5.26 Å². The van der Waals surface area contributed by atoms with Crippen molar-refractivity contribution in [3.8, 4) is 6.07 Å². The van der Waals surface area contributed by atoms with E-state index in [-0.39, 0.29) is 0 Å². The Morgan fingerprint density at radius 2 is 1.82 bits per heavy atom. The minimum Gasteiger partial charge on any atom is -0.354 e. The maximum Gasteiger partial charge on any atom is 0.160 e. The van der Waals surface area contributed by atoms with Gasteiger partial charge in [-0.3, -0.25) is 0 Å². The number of halogens is 2. The van der Waals surface area contributed by atoms with Gasteiger partial charge in [0.1, 0.15) is 11.8 Å². The number of aromatic nitrogens is 1. The quantitative estimate of drug-likeness (QED) is 0.864. The van der Waals surface area contributed by atoms with Crippen LogP contribution in [0.2, 0.25) is 0 Å². The summed E-state index contributed by atoms with van der Waals surface area (Å²) in [4.78, 5) is 3.84. The van der Waals surface area contributed by atoms with E-state index in [1.54, 1.807) is 6.07 Å². The maximum atomic E-state index is 12.9. The van der Waals surface area contributed by atoms with E-state index in [0.717, 1.165) is 12.1 Å². The second-order valence-electron chi connectivity index (χ2n) is 3.30. The van der Waals surface area contributed by atoms with Crippen LogP contribution in [-0.4, -0.2) is 4.98 Å². The van der Waals surface area contributed by atoms with Crippen molar-refractivity contribution in [1.82, 2.24) is 4.98 Å². The second-order valence-corrected chi connectivity index (χ2v) is 3.30. The molecule has 0 saturated heterocycles. The van der Waals surface area contributed by atoms with Gasteiger partial charge in [-0.05, 0) is 24.3 Å². The van der Waals surface area contributed by atoms with Crippen molar-refractivity contribution >= 4 is 11.4 Å². The number of hydrogen-bond acceptors (Lipinski definition) is 3. The fourth-order valence-corrected chi connectivity index (χ4v) is 1.27. The zero-order chi connectivity index (χ0) is 12.3. The molecule has 84 valence electrons. The maximum absolute atomic E-state index is 12.9. The van der Waals surface area contributed by atoms with Crippen LogP contribution < -0.4 is 5.32 Å². The fourth-order valence-electron chi connectivity index (χ4n) is 1.27. The molecule has 0 fully saturated rings. The molecule has 2 rings (SSSR count). The lowest BCUT2D eigenvalue weighted by Crippen LogP contribution is -1.94. The normalized spacial score (nSPS) is 9.71. The number of hydrogen-bond donors (Lipinski definition) is 1. The molecule has 1 heterocycles. The number of nitrogens with zero attached hydrogens (tertiary/aromatic N) is 2. The Morgan fingerprint density at radius 3 is 2.41 bits per heavy atom. The van der Waals surface area contributed by atoms with E-state index >= 15 is 0 Å². The summed E-state index contributed by atoms with van der Waals surface area (Å²) in [6, 6.07) is 8.55. The summed E-state index contributed by atoms with van der Waals surface area (Å²) in [5.74, 6) is -1.81. The molecule has 1 N–H and O–H groups in total. The number of nitriles is 1. The van der Waals surface area contributed by atoms with Gasteiger partial charge >= 0.3 is 0 Å². The van der Waals surface area contributed by atoms with Crippen molar-refractivity contribution in [3.63, 3.8) is 0 Å². The van der Waals surface area contributed by atoms with E-state index in [2.05, 4.69) is 10.3 Å². The minimum atomic E-state index is -0.920. The zero-order valence-electron chi connectivity index (χ0n) is 8.61. The molecular weight excluding hydrogens is 224 g/mol. The Kier molecular flexibility index (Phi) is 2.97. The first kappa shape index (κ1) is 11.0. The molecule has 0 unspecified atom stereocenters. The van der Waals surface area contributed by atoms with Crippen molar-refractivity contribution in [2.24, 2.45) is 0 Å². The molecule has 17 heavy (non-hydrogen) atoms. The van der Waals surface area contributed by atoms with Crippen LogP contribution in [0.15, 0.2) is 36.5 Å². The summed E-state index contributed by atoms with van der Waals surface area (Å²) >= 11 is 0. The lowest BCUT2D eigenvalue weighted by atomic mass is 10.3. The van der Waals surface area contributed by atoms with Crippen LogP contribution in [0.25, 0.3) is 0 Å². The topological polar surface area (TPSA) is 48.7 Å². The van der Waals surface area contributed by atoms with E-state index in [4.69, 9.17) is 5.26 Å². The van der Waals surface area contributed by atoms with Gasteiger partial charge < -0.3 is 5.32 Å². The summed E-state index contributed by atoms with van der Waals surface area (Å²) in [5, 5.41) is 11.4. The van der Waals surface area contributed by atoms with Gasteiger partial charge in [-0.15, -0.1) is 0 Å². The van der Waals surface area contributed by atoms with Crippen LogP contribution in [-0.2, 0) is 0 Å². The summed E-state index contributed by atoms with van der Waals surface area (Å²) in [5.41, 5.74) is 1.30. The first-order chi connectivity index (χ1) is 8.19. The molecule has 0 aliphatic carbocycles. The first-order valence-electron chi connectivity index (χ1n) is 4.77. The minimum absolute atomic E-state index is 0.292. The molecule has 0 radical (unpaired) electrons. The predicted octanol–water partition coefficient (Wildman–Crippen LogP) is 2.98. The zero-order valence-corrected chi connectivity index (χ0v) is 8.61. The van der Waals surface area contributed by atoms with Gasteiger partial charge in [0.25, 0.3) is 0 Å². The molecular formula is C12H7F2N3. The van der Waals surface area contributed by atoms with Crippen molar-refractivity contribution in [3.05, 3.63) is 53.9 Å². The monoisotopic (exact) mass is 231 g/mol. The Morgan fingerprint density at radius 1 is 1.06 bits per heavy atom. The Hall–Kier alpha value is -2.48. The number of pyridine rings is 1. The van der Waals surface area contributed by atoms with E-state index in [9.17, 15) is 8.78 Å². The molecule has 0 atom stereocenters. The van der Waals surface area contributed by atoms with Gasteiger partial charge in [0.05, 0.1) is 11.9 Å². The summed E-state index contributed by atoms with van der Waals surface area (Å²) in [7, 11) is 0. The summed E-state index contributed by atoms with van der Waals surface area (Å²) in [6.45, 7) is 0. The lowest BCUT2D eigenvalue weighted by molar-refractivity contribution is 0.509. The molecule has 0 spiro atoms. The van der Waals surface area contributed by atoms with E-state index in [0.29, 0.717) is 17.1 Å². The third-order valence-corrected chi connectivity index (χ3v) is 2.09. The molecule has 1 aromatic heterocycles. The second kappa shape index (κ2) is 4.58. The Bertz CT molecular complexity index is 573. The number of benzene rings is 1. The smallest absolute Gasteiger partial charge is 0.160 e. The van der Waals surface area contributed by atoms with Crippen LogP contribution in [0.5, 0.6) is 0 Å².